The minimum Gasteiger partial charge on any atom is -0.295 e. The summed E-state index contributed by atoms with van der Waals surface area (Å²) >= 11 is 0. The van der Waals surface area contributed by atoms with Gasteiger partial charge in [-0.2, -0.15) is 0 Å². The number of nitrogens with zero attached hydrogens (tertiary/aromatic N) is 2. The Hall–Kier alpha value is -2.82. The molecular formula is C23H25N3O2. The monoisotopic (exact) mass is 375 g/mol. The average molecular weight is 375 g/mol. The Morgan fingerprint density at radius 1 is 1.21 bits per heavy atom. The van der Waals surface area contributed by atoms with Gasteiger partial charge in [0.25, 0.3) is 5.91 Å². The van der Waals surface area contributed by atoms with Crippen LogP contribution in [0, 0.1) is 17.8 Å². The van der Waals surface area contributed by atoms with Gasteiger partial charge in [0.1, 0.15) is 0 Å². The Bertz CT molecular complexity index is 1010. The van der Waals surface area contributed by atoms with Crippen LogP contribution in [-0.4, -0.2) is 21.7 Å². The van der Waals surface area contributed by atoms with E-state index in [-0.39, 0.29) is 23.6 Å². The van der Waals surface area contributed by atoms with Crippen LogP contribution in [0.2, 0.25) is 0 Å². The molecule has 1 N–H and O–H groups in total. The second kappa shape index (κ2) is 7.30. The van der Waals surface area contributed by atoms with E-state index in [4.69, 9.17) is 0 Å². The van der Waals surface area contributed by atoms with Crippen LogP contribution in [0.25, 0.3) is 10.9 Å². The van der Waals surface area contributed by atoms with Crippen molar-refractivity contribution in [2.75, 3.05) is 5.32 Å². The van der Waals surface area contributed by atoms with Gasteiger partial charge >= 0.3 is 0 Å². The third kappa shape index (κ3) is 3.37. The van der Waals surface area contributed by atoms with E-state index in [2.05, 4.69) is 28.8 Å². The maximum Gasteiger partial charge on any atom is 0.253 e. The first-order chi connectivity index (χ1) is 13.4. The number of ketones is 1. The van der Waals surface area contributed by atoms with Crippen molar-refractivity contribution in [3.63, 3.8) is 0 Å². The summed E-state index contributed by atoms with van der Waals surface area (Å²) in [6.07, 6.45) is 4.98. The van der Waals surface area contributed by atoms with E-state index < -0.39 is 0 Å². The van der Waals surface area contributed by atoms with Crippen LogP contribution in [0.5, 0.6) is 0 Å². The fourth-order valence-electron chi connectivity index (χ4n) is 4.51. The standard InChI is InChI=1S/C23H25N3O2/c1-13-8-9-16(10-19-15(3)21(27)11-18(13)19)14(2)22(28)26-23-24-12-17-6-4-5-7-20(17)25-23/h4-7,12-13,16,18H,2,8-11H2,1,3H3,(H,24,25,26,28)/t13?,16-,18?/m0/s1. The maximum absolute atomic E-state index is 12.8. The molecule has 0 aliphatic heterocycles. The molecule has 1 saturated carbocycles. The lowest BCUT2D eigenvalue weighted by Gasteiger charge is -2.19. The Labute approximate surface area is 165 Å². The molecule has 0 bridgehead atoms. The predicted octanol–water partition coefficient (Wildman–Crippen LogP) is 4.47. The molecule has 2 aromatic rings. The lowest BCUT2D eigenvalue weighted by atomic mass is 9.86. The summed E-state index contributed by atoms with van der Waals surface area (Å²) in [6.45, 7) is 8.23. The highest BCUT2D eigenvalue weighted by molar-refractivity contribution is 6.03. The topological polar surface area (TPSA) is 72.0 Å². The summed E-state index contributed by atoms with van der Waals surface area (Å²) in [6, 6.07) is 7.65. The molecule has 1 fully saturated rings. The van der Waals surface area contributed by atoms with E-state index in [1.54, 1.807) is 6.20 Å². The van der Waals surface area contributed by atoms with Crippen molar-refractivity contribution in [3.8, 4) is 0 Å². The van der Waals surface area contributed by atoms with Gasteiger partial charge in [-0.15, -0.1) is 0 Å². The Balaban J connectivity index is 1.51. The smallest absolute Gasteiger partial charge is 0.253 e. The maximum atomic E-state index is 12.8. The molecule has 2 aliphatic carbocycles. The molecule has 2 aliphatic rings. The average Bonchev–Trinajstić information content (AvgIpc) is 2.87. The van der Waals surface area contributed by atoms with Crippen LogP contribution in [-0.2, 0) is 9.59 Å². The van der Waals surface area contributed by atoms with Crippen LogP contribution >= 0.6 is 0 Å². The van der Waals surface area contributed by atoms with Gasteiger partial charge in [0, 0.05) is 23.6 Å². The molecule has 5 heteroatoms. The van der Waals surface area contributed by atoms with E-state index >= 15 is 0 Å². The third-order valence-corrected chi connectivity index (χ3v) is 6.38. The van der Waals surface area contributed by atoms with Crippen LogP contribution in [0.1, 0.15) is 39.5 Å². The summed E-state index contributed by atoms with van der Waals surface area (Å²) in [5.41, 5.74) is 3.46. The first kappa shape index (κ1) is 18.5. The zero-order chi connectivity index (χ0) is 19.8. The number of para-hydroxylation sites is 1. The normalized spacial score (nSPS) is 24.8. The molecule has 28 heavy (non-hydrogen) atoms. The molecule has 0 saturated heterocycles. The second-order valence-electron chi connectivity index (χ2n) is 8.07. The van der Waals surface area contributed by atoms with Gasteiger partial charge in [0.05, 0.1) is 5.52 Å². The Morgan fingerprint density at radius 2 is 2.00 bits per heavy atom. The highest BCUT2D eigenvalue weighted by atomic mass is 16.2. The number of allylic oxidation sites excluding steroid dienone is 2. The van der Waals surface area contributed by atoms with Gasteiger partial charge in [0.15, 0.2) is 5.78 Å². The molecule has 1 aromatic carbocycles. The summed E-state index contributed by atoms with van der Waals surface area (Å²) in [7, 11) is 0. The lowest BCUT2D eigenvalue weighted by molar-refractivity contribution is -0.115. The van der Waals surface area contributed by atoms with Crippen molar-refractivity contribution in [3.05, 3.63) is 53.8 Å². The number of nitrogens with one attached hydrogen (secondary N) is 1. The number of carbonyl (C=O) groups is 2. The van der Waals surface area contributed by atoms with Gasteiger partial charge in [-0.05, 0) is 55.6 Å². The zero-order valence-electron chi connectivity index (χ0n) is 16.4. The molecule has 5 nitrogen and oxygen atoms in total. The molecule has 4 rings (SSSR count). The van der Waals surface area contributed by atoms with Gasteiger partial charge < -0.3 is 0 Å². The van der Waals surface area contributed by atoms with E-state index in [9.17, 15) is 9.59 Å². The number of rotatable bonds is 3. The minimum atomic E-state index is -0.242. The first-order valence-electron chi connectivity index (χ1n) is 9.88. The number of anilines is 1. The molecule has 2 unspecified atom stereocenters. The Morgan fingerprint density at radius 3 is 2.82 bits per heavy atom. The summed E-state index contributed by atoms with van der Waals surface area (Å²) in [5.74, 6) is 1.14. The second-order valence-corrected chi connectivity index (χ2v) is 8.07. The number of fused-ring (bicyclic) bond motifs is 2. The van der Waals surface area contributed by atoms with Gasteiger partial charge in [-0.3, -0.25) is 14.9 Å². The first-order valence-corrected chi connectivity index (χ1v) is 9.88. The fourth-order valence-corrected chi connectivity index (χ4v) is 4.51. The van der Waals surface area contributed by atoms with E-state index in [1.165, 1.54) is 5.57 Å². The van der Waals surface area contributed by atoms with Crippen molar-refractivity contribution in [1.29, 1.82) is 0 Å². The molecule has 0 spiro atoms. The number of Topliss-reactive ketones (excluding diaryl/α,β-unsaturated/α-hetero) is 1. The van der Waals surface area contributed by atoms with E-state index in [0.717, 1.165) is 35.7 Å². The van der Waals surface area contributed by atoms with E-state index in [0.29, 0.717) is 23.8 Å². The van der Waals surface area contributed by atoms with E-state index in [1.807, 2.05) is 31.2 Å². The van der Waals surface area contributed by atoms with Crippen LogP contribution in [0.4, 0.5) is 5.95 Å². The molecule has 3 atom stereocenters. The highest BCUT2D eigenvalue weighted by Gasteiger charge is 2.38. The van der Waals surface area contributed by atoms with Crippen molar-refractivity contribution in [1.82, 2.24) is 9.97 Å². The number of aromatic nitrogens is 2. The van der Waals surface area contributed by atoms with Crippen LogP contribution in [0.3, 0.4) is 0 Å². The Kier molecular flexibility index (Phi) is 4.84. The molecule has 144 valence electrons. The zero-order valence-corrected chi connectivity index (χ0v) is 16.4. The molecule has 1 heterocycles. The summed E-state index contributed by atoms with van der Waals surface area (Å²) < 4.78 is 0. The van der Waals surface area contributed by atoms with Gasteiger partial charge in [-0.1, -0.05) is 37.3 Å². The van der Waals surface area contributed by atoms with Crippen LogP contribution in [0.15, 0.2) is 53.8 Å². The van der Waals surface area contributed by atoms with Crippen LogP contribution < -0.4 is 5.32 Å². The minimum absolute atomic E-state index is 0.0451. The molecule has 0 radical (unpaired) electrons. The fraction of sp³-hybridized carbons (Fsp3) is 0.391. The summed E-state index contributed by atoms with van der Waals surface area (Å²) in [4.78, 5) is 33.6. The van der Waals surface area contributed by atoms with Crippen molar-refractivity contribution in [2.24, 2.45) is 17.8 Å². The van der Waals surface area contributed by atoms with Gasteiger partial charge in [0.2, 0.25) is 5.95 Å². The molecular weight excluding hydrogens is 350 g/mol. The quantitative estimate of drug-likeness (QED) is 0.804. The van der Waals surface area contributed by atoms with Gasteiger partial charge in [-0.25, -0.2) is 9.97 Å². The third-order valence-electron chi connectivity index (χ3n) is 6.38. The number of carbonyl (C=O) groups excluding carboxylic acids is 2. The SMILES string of the molecule is C=C(C(=O)Nc1ncc2ccccc2n1)[C@H]1CCC(C)C2CC(=O)C(C)=C2C1. The van der Waals surface area contributed by atoms with Crippen molar-refractivity contribution in [2.45, 2.75) is 39.5 Å². The molecule has 1 amide bonds. The number of benzene rings is 1. The highest BCUT2D eigenvalue weighted by Crippen LogP contribution is 2.45. The number of hydrogen-bond donors (Lipinski definition) is 1. The number of amides is 1. The number of hydrogen-bond acceptors (Lipinski definition) is 4. The lowest BCUT2D eigenvalue weighted by Crippen LogP contribution is -2.21. The predicted molar refractivity (Wildman–Crippen MR) is 110 cm³/mol. The van der Waals surface area contributed by atoms with Crippen molar-refractivity contribution >= 4 is 28.5 Å². The largest absolute Gasteiger partial charge is 0.295 e. The van der Waals surface area contributed by atoms with Crippen molar-refractivity contribution < 1.29 is 9.59 Å². The summed E-state index contributed by atoms with van der Waals surface area (Å²) in [5, 5.41) is 3.73. The molecule has 1 aromatic heterocycles.